The van der Waals surface area contributed by atoms with Gasteiger partial charge < -0.3 is 10.2 Å². The predicted molar refractivity (Wildman–Crippen MR) is 128 cm³/mol. The topological polar surface area (TPSA) is 90.9 Å². The Balaban J connectivity index is 1.89. The molecule has 9 heteroatoms. The Labute approximate surface area is 187 Å². The largest absolute Gasteiger partial charge is 0.462 e. The van der Waals surface area contributed by atoms with Crippen molar-refractivity contribution >= 4 is 38.5 Å². The van der Waals surface area contributed by atoms with E-state index in [2.05, 4.69) is 28.1 Å². The molecule has 1 aliphatic heterocycles. The zero-order valence-corrected chi connectivity index (χ0v) is 19.2. The van der Waals surface area contributed by atoms with Gasteiger partial charge in [0.2, 0.25) is 0 Å². The number of para-hydroxylation sites is 1. The summed E-state index contributed by atoms with van der Waals surface area (Å²) in [6, 6.07) is 15.3. The number of carbonyl (C=O) groups excluding carboxylic acids is 1. The predicted octanol–water partition coefficient (Wildman–Crippen LogP) is 4.07. The second-order valence-electron chi connectivity index (χ2n) is 6.84. The zero-order chi connectivity index (χ0) is 22.4. The van der Waals surface area contributed by atoms with E-state index in [1.54, 1.807) is 13.0 Å². The summed E-state index contributed by atoms with van der Waals surface area (Å²) in [5.41, 5.74) is 7.25. The first-order chi connectivity index (χ1) is 14.9. The van der Waals surface area contributed by atoms with Crippen molar-refractivity contribution in [2.75, 3.05) is 17.9 Å². The van der Waals surface area contributed by atoms with Crippen molar-refractivity contribution in [2.45, 2.75) is 26.0 Å². The Morgan fingerprint density at radius 2 is 1.94 bits per heavy atom. The van der Waals surface area contributed by atoms with E-state index in [1.807, 2.05) is 42.5 Å². The number of hydrogen-bond acceptors (Lipinski definition) is 5. The van der Waals surface area contributed by atoms with Gasteiger partial charge in [-0.15, -0.1) is 0 Å². The summed E-state index contributed by atoms with van der Waals surface area (Å²) in [7, 11) is -0.499. The number of hydrazine groups is 1. The average molecular weight is 462 g/mol. The third-order valence-corrected chi connectivity index (χ3v) is 7.31. The first kappa shape index (κ1) is 23.2. The highest BCUT2D eigenvalue weighted by atomic mass is 32.2. The molecule has 0 fully saturated rings. The van der Waals surface area contributed by atoms with Crippen LogP contribution in [-0.4, -0.2) is 37.2 Å². The Morgan fingerprint density at radius 3 is 2.58 bits per heavy atom. The van der Waals surface area contributed by atoms with Crippen LogP contribution in [0.4, 0.5) is 5.69 Å². The van der Waals surface area contributed by atoms with Gasteiger partial charge in [-0.1, -0.05) is 66.6 Å². The van der Waals surface area contributed by atoms with Crippen LogP contribution in [0, 0.1) is 0 Å². The first-order valence-corrected chi connectivity index (χ1v) is 12.4. The lowest BCUT2D eigenvalue weighted by Crippen LogP contribution is -2.29. The number of anilines is 1. The van der Waals surface area contributed by atoms with Crippen molar-refractivity contribution in [2.24, 2.45) is 0 Å². The molecule has 1 heterocycles. The molecule has 2 atom stereocenters. The molecule has 2 aromatic carbocycles. The number of nitrogens with zero attached hydrogens (tertiary/aromatic N) is 1. The molecule has 166 valence electrons. The van der Waals surface area contributed by atoms with Gasteiger partial charge in [-0.25, -0.2) is 9.00 Å². The number of carbonyl (C=O) groups is 1. The molecule has 0 amide bonds. The molecule has 2 aromatic rings. The molecule has 0 aliphatic carbocycles. The lowest BCUT2D eigenvalue weighted by atomic mass is 10.0. The minimum Gasteiger partial charge on any atom is -0.462 e. The summed E-state index contributed by atoms with van der Waals surface area (Å²) in [6.07, 6.45) is 0.939. The van der Waals surface area contributed by atoms with E-state index in [4.69, 9.17) is 4.74 Å². The minimum atomic E-state index is -2.14. The molecule has 0 bridgehead atoms. The summed E-state index contributed by atoms with van der Waals surface area (Å²) in [6.45, 7) is 9.01. The second-order valence-corrected chi connectivity index (χ2v) is 9.41. The van der Waals surface area contributed by atoms with E-state index in [0.717, 1.165) is 29.7 Å². The maximum atomic E-state index is 12.5. The molecule has 2 unspecified atom stereocenters. The Morgan fingerprint density at radius 1 is 1.23 bits per heavy atom. The van der Waals surface area contributed by atoms with E-state index in [1.165, 1.54) is 0 Å². The van der Waals surface area contributed by atoms with Gasteiger partial charge in [-0.3, -0.25) is 9.27 Å². The number of rotatable bonds is 9. The lowest BCUT2D eigenvalue weighted by molar-refractivity contribution is -0.134. The number of hydrogen-bond donors (Lipinski definition) is 3. The summed E-state index contributed by atoms with van der Waals surface area (Å²) in [5, 5.41) is 0. The van der Waals surface area contributed by atoms with Crippen LogP contribution < -0.4 is 10.1 Å². The third kappa shape index (κ3) is 5.62. The molecule has 7 nitrogen and oxygen atoms in total. The molecule has 0 aromatic heterocycles. The summed E-state index contributed by atoms with van der Waals surface area (Å²) >= 11 is -2.14. The fourth-order valence-electron chi connectivity index (χ4n) is 3.30. The average Bonchev–Trinajstić information content (AvgIpc) is 3.04. The van der Waals surface area contributed by atoms with E-state index in [0.29, 0.717) is 28.6 Å². The van der Waals surface area contributed by atoms with Crippen molar-refractivity contribution in [3.8, 4) is 11.1 Å². The Bertz CT molecular complexity index is 1020. The minimum absolute atomic E-state index is 0.321. The maximum absolute atomic E-state index is 12.5. The normalized spacial score (nSPS) is 17.3. The molecule has 0 spiro atoms. The van der Waals surface area contributed by atoms with E-state index >= 15 is 0 Å². The highest BCUT2D eigenvalue weighted by Gasteiger charge is 2.30. The van der Waals surface area contributed by atoms with Crippen LogP contribution in [0.3, 0.4) is 0 Å². The van der Waals surface area contributed by atoms with Gasteiger partial charge in [0.15, 0.2) is 0 Å². The van der Waals surface area contributed by atoms with Crippen molar-refractivity contribution < 1.29 is 18.3 Å². The van der Waals surface area contributed by atoms with Gasteiger partial charge in [-0.2, -0.15) is 4.41 Å². The smallest absolute Gasteiger partial charge is 0.347 e. The Hall–Kier alpha value is -2.46. The van der Waals surface area contributed by atoms with Gasteiger partial charge in [0.1, 0.15) is 4.86 Å². The van der Waals surface area contributed by atoms with Crippen LogP contribution in [0.25, 0.3) is 11.1 Å². The summed E-state index contributed by atoms with van der Waals surface area (Å²) in [4.78, 5) is 13.1. The zero-order valence-electron chi connectivity index (χ0n) is 17.6. The number of ether oxygens (including phenoxy) is 1. The summed E-state index contributed by atoms with van der Waals surface area (Å²) < 4.78 is 30.2. The van der Waals surface area contributed by atoms with Crippen molar-refractivity contribution in [1.82, 2.24) is 9.84 Å². The molecule has 1 aliphatic rings. The van der Waals surface area contributed by atoms with Crippen LogP contribution in [0.2, 0.25) is 0 Å². The van der Waals surface area contributed by atoms with Crippen molar-refractivity contribution in [3.63, 3.8) is 0 Å². The molecule has 0 saturated carbocycles. The van der Waals surface area contributed by atoms with Gasteiger partial charge in [0.05, 0.1) is 18.0 Å². The van der Waals surface area contributed by atoms with Crippen molar-refractivity contribution in [1.29, 1.82) is 0 Å². The van der Waals surface area contributed by atoms with Gasteiger partial charge >= 0.3 is 5.97 Å². The molecular weight excluding hydrogens is 434 g/mol. The highest BCUT2D eigenvalue weighted by Crippen LogP contribution is 2.34. The van der Waals surface area contributed by atoms with Crippen LogP contribution in [-0.2, 0) is 26.6 Å². The molecule has 0 saturated heterocycles. The summed E-state index contributed by atoms with van der Waals surface area (Å²) in [5.74, 6) is 0.330. The van der Waals surface area contributed by atoms with Crippen LogP contribution in [0.15, 0.2) is 60.8 Å². The fourth-order valence-corrected chi connectivity index (χ4v) is 5.90. The van der Waals surface area contributed by atoms with Gasteiger partial charge in [0, 0.05) is 17.9 Å². The van der Waals surface area contributed by atoms with E-state index < -0.39 is 21.9 Å². The fraction of sp³-hybridized carbons (Fsp3) is 0.273. The van der Waals surface area contributed by atoms with Gasteiger partial charge in [-0.05, 0) is 30.5 Å². The quantitative estimate of drug-likeness (QED) is 0.226. The maximum Gasteiger partial charge on any atom is 0.347 e. The molecular formula is C22H27N3O4S2. The van der Waals surface area contributed by atoms with Crippen molar-refractivity contribution in [3.05, 3.63) is 66.4 Å². The monoisotopic (exact) mass is 461 g/mol. The van der Waals surface area contributed by atoms with Crippen LogP contribution in [0.5, 0.6) is 0 Å². The van der Waals surface area contributed by atoms with E-state index in [-0.39, 0.29) is 5.97 Å². The first-order valence-electron chi connectivity index (χ1n) is 9.99. The number of nitrogens with one attached hydrogen (secondary N) is 2. The second kappa shape index (κ2) is 10.7. The molecule has 31 heavy (non-hydrogen) atoms. The number of esters is 1. The van der Waals surface area contributed by atoms with Crippen LogP contribution in [0.1, 0.15) is 25.8 Å². The van der Waals surface area contributed by atoms with Crippen LogP contribution >= 0.6 is 10.7 Å². The highest BCUT2D eigenvalue weighted by molar-refractivity contribution is 8.14. The van der Waals surface area contributed by atoms with Gasteiger partial charge in [0.25, 0.3) is 11.3 Å². The molecule has 3 rings (SSSR count). The molecule has 3 N–H and O–H groups in total. The molecule has 0 radical (unpaired) electrons. The third-order valence-electron chi connectivity index (χ3n) is 4.62. The standard InChI is InChI=1S/C22H27N3O4S2/c1-4-14-25-23-16(3)21(22(26)29-5-2)30(25)15-17-10-12-18(13-11-17)19-8-6-7-9-20(19)24-31(27)28/h6-13,23-24H,3-5,14-15H2,1-2H3,(H,27,28). The Kier molecular flexibility index (Phi) is 8.03. The SMILES string of the molecule is C=C1NN(CCC)S(Cc2ccc(-c3ccccc3NS(=O)O)cc2)=C1C(=O)OCC. The lowest BCUT2D eigenvalue weighted by Gasteiger charge is -2.21. The van der Waals surface area contributed by atoms with E-state index in [9.17, 15) is 13.6 Å². The number of benzene rings is 2.